The molecule has 29 heavy (non-hydrogen) atoms. The lowest BCUT2D eigenvalue weighted by Crippen LogP contribution is -2.49. The van der Waals surface area contributed by atoms with Gasteiger partial charge >= 0.3 is 0 Å². The van der Waals surface area contributed by atoms with Gasteiger partial charge in [0.25, 0.3) is 0 Å². The Morgan fingerprint density at radius 1 is 0.931 bits per heavy atom. The molecule has 2 aliphatic heterocycles. The minimum absolute atomic E-state index is 0.204. The van der Waals surface area contributed by atoms with Gasteiger partial charge in [-0.1, -0.05) is 30.0 Å². The van der Waals surface area contributed by atoms with E-state index in [4.69, 9.17) is 0 Å². The zero-order valence-electron chi connectivity index (χ0n) is 16.7. The van der Waals surface area contributed by atoms with Crippen LogP contribution in [0.2, 0.25) is 0 Å². The molecule has 2 aromatic rings. The number of nitrogens with zero attached hydrogens (tertiary/aromatic N) is 6. The summed E-state index contributed by atoms with van der Waals surface area (Å²) in [6.45, 7) is 5.47. The summed E-state index contributed by atoms with van der Waals surface area (Å²) in [7, 11) is 0. The Labute approximate surface area is 176 Å². The van der Waals surface area contributed by atoms with Gasteiger partial charge in [0.2, 0.25) is 11.9 Å². The van der Waals surface area contributed by atoms with E-state index in [9.17, 15) is 4.79 Å². The van der Waals surface area contributed by atoms with E-state index < -0.39 is 0 Å². The molecule has 7 nitrogen and oxygen atoms in total. The van der Waals surface area contributed by atoms with Crippen molar-refractivity contribution in [2.45, 2.75) is 36.9 Å². The average molecular weight is 413 g/mol. The van der Waals surface area contributed by atoms with Crippen molar-refractivity contribution in [1.29, 1.82) is 0 Å². The third-order valence-electron chi connectivity index (χ3n) is 6.03. The van der Waals surface area contributed by atoms with Gasteiger partial charge in [-0.2, -0.15) is 0 Å². The van der Waals surface area contributed by atoms with Gasteiger partial charge in [0.15, 0.2) is 5.16 Å². The highest BCUT2D eigenvalue weighted by Gasteiger charge is 2.33. The lowest BCUT2D eigenvalue weighted by Gasteiger charge is -2.36. The molecule has 1 saturated carbocycles. The number of anilines is 2. The number of rotatable bonds is 6. The molecule has 3 aliphatic rings. The molecule has 1 aromatic carbocycles. The molecule has 3 fully saturated rings. The van der Waals surface area contributed by atoms with Gasteiger partial charge in [-0.15, -0.1) is 10.2 Å². The number of carbonyl (C=O) groups is 1. The molecule has 0 spiro atoms. The number of carbonyl (C=O) groups excluding carboxylic acids is 1. The van der Waals surface area contributed by atoms with Crippen LogP contribution in [0.25, 0.3) is 0 Å². The maximum atomic E-state index is 12.8. The molecule has 1 aliphatic carbocycles. The van der Waals surface area contributed by atoms with Crippen molar-refractivity contribution in [2.24, 2.45) is 0 Å². The van der Waals surface area contributed by atoms with Crippen molar-refractivity contribution in [2.75, 3.05) is 54.8 Å². The van der Waals surface area contributed by atoms with Crippen molar-refractivity contribution in [3.63, 3.8) is 0 Å². The minimum Gasteiger partial charge on any atom is -0.368 e. The fraction of sp³-hybridized carbons (Fsp3) is 0.571. The number of benzene rings is 1. The average Bonchev–Trinajstić information content (AvgIpc) is 3.29. The molecule has 2 saturated heterocycles. The Kier molecular flexibility index (Phi) is 5.35. The number of hydrogen-bond donors (Lipinski definition) is 0. The first-order chi connectivity index (χ1) is 14.3. The number of amides is 1. The first-order valence-corrected chi connectivity index (χ1v) is 11.7. The number of hydrogen-bond acceptors (Lipinski definition) is 6. The summed E-state index contributed by atoms with van der Waals surface area (Å²) in [5, 5.41) is 9.83. The van der Waals surface area contributed by atoms with Crippen molar-refractivity contribution in [3.05, 3.63) is 30.3 Å². The maximum Gasteiger partial charge on any atom is 0.233 e. The van der Waals surface area contributed by atoms with E-state index in [1.54, 1.807) is 11.8 Å². The topological polar surface area (TPSA) is 57.5 Å². The fourth-order valence-electron chi connectivity index (χ4n) is 4.22. The minimum atomic E-state index is 0.204. The Bertz CT molecular complexity index is 838. The summed E-state index contributed by atoms with van der Waals surface area (Å²) in [6, 6.07) is 11.0. The maximum absolute atomic E-state index is 12.8. The predicted molar refractivity (Wildman–Crippen MR) is 116 cm³/mol. The molecule has 0 bridgehead atoms. The quantitative estimate of drug-likeness (QED) is 0.680. The van der Waals surface area contributed by atoms with Gasteiger partial charge in [0, 0.05) is 51.0 Å². The van der Waals surface area contributed by atoms with Gasteiger partial charge in [0.1, 0.15) is 0 Å². The van der Waals surface area contributed by atoms with E-state index in [0.717, 1.165) is 50.4 Å². The molecule has 0 unspecified atom stereocenters. The highest BCUT2D eigenvalue weighted by atomic mass is 32.2. The molecule has 1 aromatic heterocycles. The summed E-state index contributed by atoms with van der Waals surface area (Å²) in [5.41, 5.74) is 1.24. The second kappa shape index (κ2) is 8.26. The summed E-state index contributed by atoms with van der Waals surface area (Å²) < 4.78 is 2.29. The summed E-state index contributed by atoms with van der Waals surface area (Å²) >= 11 is 1.55. The van der Waals surface area contributed by atoms with Gasteiger partial charge in [-0.05, 0) is 37.8 Å². The fourth-order valence-corrected chi connectivity index (χ4v) is 5.13. The van der Waals surface area contributed by atoms with Gasteiger partial charge in [-0.25, -0.2) is 0 Å². The van der Waals surface area contributed by atoms with Crippen LogP contribution in [0.1, 0.15) is 31.7 Å². The van der Waals surface area contributed by atoms with Crippen LogP contribution >= 0.6 is 11.8 Å². The van der Waals surface area contributed by atoms with E-state index in [0.29, 0.717) is 11.8 Å². The standard InChI is InChI=1S/C21H28N6OS/c28-19(25-14-12-24(13-15-25)17-6-2-1-3-7-17)16-29-21-23-22-20(26-10-4-5-11-26)27(21)18-8-9-18/h1-3,6-7,18H,4-5,8-16H2. The molecular weight excluding hydrogens is 384 g/mol. The van der Waals surface area contributed by atoms with Crippen LogP contribution in [0.4, 0.5) is 11.6 Å². The number of aromatic nitrogens is 3. The van der Waals surface area contributed by atoms with E-state index >= 15 is 0 Å². The van der Waals surface area contributed by atoms with Gasteiger partial charge in [-0.3, -0.25) is 9.36 Å². The first kappa shape index (κ1) is 18.8. The molecule has 1 amide bonds. The SMILES string of the molecule is O=C(CSc1nnc(N2CCCC2)n1C1CC1)N1CCN(c2ccccc2)CC1. The summed E-state index contributed by atoms with van der Waals surface area (Å²) in [6.07, 6.45) is 4.85. The first-order valence-electron chi connectivity index (χ1n) is 10.7. The van der Waals surface area contributed by atoms with Crippen molar-refractivity contribution in [1.82, 2.24) is 19.7 Å². The number of para-hydroxylation sites is 1. The lowest BCUT2D eigenvalue weighted by atomic mass is 10.2. The number of thioether (sulfide) groups is 1. The molecule has 0 N–H and O–H groups in total. The largest absolute Gasteiger partial charge is 0.368 e. The Morgan fingerprint density at radius 2 is 1.66 bits per heavy atom. The predicted octanol–water partition coefficient (Wildman–Crippen LogP) is 2.65. The van der Waals surface area contributed by atoms with Crippen LogP contribution in [-0.2, 0) is 4.79 Å². The molecule has 154 valence electrons. The Morgan fingerprint density at radius 3 is 2.34 bits per heavy atom. The lowest BCUT2D eigenvalue weighted by molar-refractivity contribution is -0.128. The van der Waals surface area contributed by atoms with Crippen LogP contribution in [0.3, 0.4) is 0 Å². The summed E-state index contributed by atoms with van der Waals surface area (Å²) in [4.78, 5) is 19.5. The molecular formula is C21H28N6OS. The normalized spacial score (nSPS) is 19.8. The van der Waals surface area contributed by atoms with Crippen molar-refractivity contribution in [3.8, 4) is 0 Å². The van der Waals surface area contributed by atoms with Crippen LogP contribution in [0.15, 0.2) is 35.5 Å². The highest BCUT2D eigenvalue weighted by Crippen LogP contribution is 2.41. The third-order valence-corrected chi connectivity index (χ3v) is 6.95. The van der Waals surface area contributed by atoms with Crippen molar-refractivity contribution >= 4 is 29.3 Å². The highest BCUT2D eigenvalue weighted by molar-refractivity contribution is 7.99. The van der Waals surface area contributed by atoms with E-state index in [1.807, 2.05) is 11.0 Å². The van der Waals surface area contributed by atoms with Crippen LogP contribution in [0.5, 0.6) is 0 Å². The van der Waals surface area contributed by atoms with Gasteiger partial charge < -0.3 is 14.7 Å². The molecule has 0 atom stereocenters. The smallest absolute Gasteiger partial charge is 0.233 e. The molecule has 3 heterocycles. The van der Waals surface area contributed by atoms with E-state index in [2.05, 4.69) is 48.8 Å². The summed E-state index contributed by atoms with van der Waals surface area (Å²) in [5.74, 6) is 1.66. The van der Waals surface area contributed by atoms with E-state index in [1.165, 1.54) is 31.4 Å². The zero-order valence-corrected chi connectivity index (χ0v) is 17.6. The molecule has 8 heteroatoms. The van der Waals surface area contributed by atoms with Crippen LogP contribution in [0, 0.1) is 0 Å². The zero-order chi connectivity index (χ0) is 19.6. The van der Waals surface area contributed by atoms with Crippen LogP contribution in [-0.4, -0.2) is 70.6 Å². The third kappa shape index (κ3) is 4.08. The Hall–Kier alpha value is -2.22. The second-order valence-corrected chi connectivity index (χ2v) is 9.01. The van der Waals surface area contributed by atoms with E-state index in [-0.39, 0.29) is 5.91 Å². The number of piperazine rings is 1. The van der Waals surface area contributed by atoms with Gasteiger partial charge in [0.05, 0.1) is 5.75 Å². The monoisotopic (exact) mass is 412 g/mol. The molecule has 0 radical (unpaired) electrons. The van der Waals surface area contributed by atoms with Crippen LogP contribution < -0.4 is 9.80 Å². The molecule has 5 rings (SSSR count). The second-order valence-electron chi connectivity index (χ2n) is 8.07. The van der Waals surface area contributed by atoms with Crippen molar-refractivity contribution < 1.29 is 4.79 Å². The Balaban J connectivity index is 1.17.